The number of carbonyl (C=O) groups is 2. The van der Waals surface area contributed by atoms with Gasteiger partial charge in [0, 0.05) is 12.8 Å². The van der Waals surface area contributed by atoms with E-state index in [0.29, 0.717) is 19.4 Å². The number of carbonyl (C=O) groups excluding carboxylic acids is 2. The van der Waals surface area contributed by atoms with Gasteiger partial charge in [-0.15, -0.1) is 0 Å². The molecule has 0 rings (SSSR count). The third-order valence-corrected chi connectivity index (χ3v) is 11.0. The molecule has 0 aromatic rings. The van der Waals surface area contributed by atoms with E-state index in [9.17, 15) is 19.8 Å². The molecule has 0 bridgehead atoms. The molecule has 0 aliphatic carbocycles. The Morgan fingerprint density at radius 3 is 1.29 bits per heavy atom. The van der Waals surface area contributed by atoms with Crippen LogP contribution in [0.1, 0.15) is 251 Å². The van der Waals surface area contributed by atoms with Crippen LogP contribution in [0, 0.1) is 0 Å². The maximum atomic E-state index is 12.4. The van der Waals surface area contributed by atoms with Crippen molar-refractivity contribution in [2.24, 2.45) is 0 Å². The molecule has 1 amide bonds. The number of allylic oxidation sites excluding steroid dienone is 3. The number of aliphatic hydroxyl groups excluding tert-OH is 2. The van der Waals surface area contributed by atoms with Gasteiger partial charge in [0.1, 0.15) is 0 Å². The Hall–Kier alpha value is -1.66. The number of rotatable bonds is 44. The molecule has 0 saturated carbocycles. The van der Waals surface area contributed by atoms with E-state index < -0.39 is 12.1 Å². The minimum absolute atomic E-state index is 0.0299. The third kappa shape index (κ3) is 41.8. The Bertz CT molecular complexity index is 858. The Labute approximate surface area is 341 Å². The normalized spacial score (nSPS) is 12.9. The molecule has 0 heterocycles. The summed E-state index contributed by atoms with van der Waals surface area (Å²) in [4.78, 5) is 24.4. The smallest absolute Gasteiger partial charge is 0.305 e. The van der Waals surface area contributed by atoms with Gasteiger partial charge in [0.05, 0.1) is 25.4 Å². The molecule has 3 N–H and O–H groups in total. The maximum Gasteiger partial charge on any atom is 0.305 e. The van der Waals surface area contributed by atoms with Crippen LogP contribution in [0.15, 0.2) is 24.3 Å². The van der Waals surface area contributed by atoms with Crippen molar-refractivity contribution in [2.75, 3.05) is 13.2 Å². The van der Waals surface area contributed by atoms with Gasteiger partial charge in [0.15, 0.2) is 0 Å². The van der Waals surface area contributed by atoms with Crippen molar-refractivity contribution >= 4 is 11.9 Å². The highest BCUT2D eigenvalue weighted by Gasteiger charge is 2.18. The van der Waals surface area contributed by atoms with Crippen molar-refractivity contribution in [3.8, 4) is 0 Å². The highest BCUT2D eigenvalue weighted by molar-refractivity contribution is 5.76. The van der Waals surface area contributed by atoms with Gasteiger partial charge in [0.25, 0.3) is 0 Å². The van der Waals surface area contributed by atoms with Crippen molar-refractivity contribution < 1.29 is 24.5 Å². The molecule has 2 atom stereocenters. The first-order valence-electron chi connectivity index (χ1n) is 24.1. The van der Waals surface area contributed by atoms with Crippen molar-refractivity contribution in [2.45, 2.75) is 264 Å². The Kier molecular flexibility index (Phi) is 43.7. The van der Waals surface area contributed by atoms with Crippen LogP contribution in [0.2, 0.25) is 0 Å². The molecular formula is C49H93NO5. The van der Waals surface area contributed by atoms with E-state index in [4.69, 9.17) is 4.74 Å². The van der Waals surface area contributed by atoms with Crippen molar-refractivity contribution in [3.05, 3.63) is 24.3 Å². The number of nitrogens with one attached hydrogen (secondary N) is 1. The third-order valence-electron chi connectivity index (χ3n) is 11.0. The Morgan fingerprint density at radius 2 is 0.855 bits per heavy atom. The summed E-state index contributed by atoms with van der Waals surface area (Å²) in [7, 11) is 0. The van der Waals surface area contributed by atoms with Gasteiger partial charge in [-0.2, -0.15) is 0 Å². The summed E-state index contributed by atoms with van der Waals surface area (Å²) >= 11 is 0. The number of hydrogen-bond donors (Lipinski definition) is 3. The van der Waals surface area contributed by atoms with E-state index in [1.807, 2.05) is 6.08 Å². The van der Waals surface area contributed by atoms with Gasteiger partial charge in [-0.1, -0.05) is 205 Å². The monoisotopic (exact) mass is 776 g/mol. The molecule has 0 radical (unpaired) electrons. The topological polar surface area (TPSA) is 95.9 Å². The summed E-state index contributed by atoms with van der Waals surface area (Å²) in [5.41, 5.74) is 0. The van der Waals surface area contributed by atoms with Crippen LogP contribution in [0.4, 0.5) is 0 Å². The molecule has 55 heavy (non-hydrogen) atoms. The molecule has 2 unspecified atom stereocenters. The molecule has 6 heteroatoms. The van der Waals surface area contributed by atoms with Crippen LogP contribution in [0.5, 0.6) is 0 Å². The maximum absolute atomic E-state index is 12.4. The van der Waals surface area contributed by atoms with Gasteiger partial charge in [-0.3, -0.25) is 9.59 Å². The first-order chi connectivity index (χ1) is 27.0. The van der Waals surface area contributed by atoms with Crippen LogP contribution in [-0.2, 0) is 14.3 Å². The van der Waals surface area contributed by atoms with E-state index in [1.54, 1.807) is 6.08 Å². The second-order valence-electron chi connectivity index (χ2n) is 16.4. The number of ether oxygens (including phenoxy) is 1. The molecule has 0 aliphatic heterocycles. The first kappa shape index (κ1) is 53.3. The molecule has 324 valence electrons. The fourth-order valence-electron chi connectivity index (χ4n) is 7.21. The molecule has 0 aliphatic rings. The van der Waals surface area contributed by atoms with E-state index in [0.717, 1.165) is 57.8 Å². The highest BCUT2D eigenvalue weighted by atomic mass is 16.5. The molecular weight excluding hydrogens is 683 g/mol. The molecule has 6 nitrogen and oxygen atoms in total. The van der Waals surface area contributed by atoms with Crippen LogP contribution >= 0.6 is 0 Å². The first-order valence-corrected chi connectivity index (χ1v) is 24.1. The number of hydrogen-bond acceptors (Lipinski definition) is 5. The van der Waals surface area contributed by atoms with Gasteiger partial charge >= 0.3 is 5.97 Å². The van der Waals surface area contributed by atoms with Gasteiger partial charge in [-0.05, 0) is 57.8 Å². The second-order valence-corrected chi connectivity index (χ2v) is 16.4. The van der Waals surface area contributed by atoms with Crippen LogP contribution < -0.4 is 5.32 Å². The van der Waals surface area contributed by atoms with Gasteiger partial charge in [0.2, 0.25) is 5.91 Å². The zero-order chi connectivity index (χ0) is 40.1. The fourth-order valence-corrected chi connectivity index (χ4v) is 7.21. The molecule has 0 aromatic carbocycles. The summed E-state index contributed by atoms with van der Waals surface area (Å²) < 4.78 is 5.44. The van der Waals surface area contributed by atoms with Gasteiger partial charge in [-0.25, -0.2) is 0 Å². The molecule has 0 aromatic heterocycles. The largest absolute Gasteiger partial charge is 0.466 e. The summed E-state index contributed by atoms with van der Waals surface area (Å²) in [6.07, 6.45) is 51.6. The van der Waals surface area contributed by atoms with Crippen LogP contribution in [-0.4, -0.2) is 47.4 Å². The Balaban J connectivity index is 3.53. The van der Waals surface area contributed by atoms with Crippen molar-refractivity contribution in [1.29, 1.82) is 0 Å². The number of aliphatic hydroxyl groups is 2. The zero-order valence-electron chi connectivity index (χ0n) is 36.7. The number of unbranched alkanes of at least 4 members (excludes halogenated alkanes) is 31. The van der Waals surface area contributed by atoms with Crippen molar-refractivity contribution in [1.82, 2.24) is 5.32 Å². The zero-order valence-corrected chi connectivity index (χ0v) is 36.7. The lowest BCUT2D eigenvalue weighted by Gasteiger charge is -2.20. The second kappa shape index (κ2) is 45.0. The SMILES string of the molecule is CCCCCCC/C=C\CCCCCCCC(=O)OCCCCCCCCCCCCC(=O)NC(CO)C(O)/C=C/CCCCCCCCCCCCCC. The predicted molar refractivity (Wildman–Crippen MR) is 236 cm³/mol. The molecule has 0 saturated heterocycles. The van der Waals surface area contributed by atoms with Crippen LogP contribution in [0.25, 0.3) is 0 Å². The average molecular weight is 776 g/mol. The average Bonchev–Trinajstić information content (AvgIpc) is 3.18. The summed E-state index contributed by atoms with van der Waals surface area (Å²) in [6.45, 7) is 4.83. The molecule has 0 fully saturated rings. The quantitative estimate of drug-likeness (QED) is 0.0325. The van der Waals surface area contributed by atoms with Gasteiger partial charge < -0.3 is 20.3 Å². The lowest BCUT2D eigenvalue weighted by molar-refractivity contribution is -0.143. The van der Waals surface area contributed by atoms with E-state index in [2.05, 4.69) is 31.3 Å². The summed E-state index contributed by atoms with van der Waals surface area (Å²) in [5, 5.41) is 23.0. The lowest BCUT2D eigenvalue weighted by Crippen LogP contribution is -2.45. The minimum atomic E-state index is -0.858. The number of amides is 1. The van der Waals surface area contributed by atoms with Crippen molar-refractivity contribution in [3.63, 3.8) is 0 Å². The predicted octanol–water partition coefficient (Wildman–Crippen LogP) is 14.0. The summed E-state index contributed by atoms with van der Waals surface area (Å²) in [6, 6.07) is -0.644. The van der Waals surface area contributed by atoms with E-state index in [1.165, 1.54) is 167 Å². The van der Waals surface area contributed by atoms with Crippen LogP contribution in [0.3, 0.4) is 0 Å². The van der Waals surface area contributed by atoms with E-state index in [-0.39, 0.29) is 18.5 Å². The lowest BCUT2D eigenvalue weighted by atomic mass is 10.0. The number of esters is 1. The van der Waals surface area contributed by atoms with E-state index >= 15 is 0 Å². The fraction of sp³-hybridized carbons (Fsp3) is 0.878. The highest BCUT2D eigenvalue weighted by Crippen LogP contribution is 2.15. The standard InChI is InChI=1S/C49H93NO5/c1-3-5-7-9-11-13-15-17-19-21-25-29-33-37-41-47(52)46(45-51)50-48(53)42-38-34-30-26-23-24-28-32-36-40-44-55-49(54)43-39-35-31-27-22-20-18-16-14-12-10-8-6-4-2/h16,18,37,41,46-47,51-52H,3-15,17,19-36,38-40,42-45H2,1-2H3,(H,50,53)/b18-16-,41-37+. The summed E-state index contributed by atoms with van der Waals surface area (Å²) in [5.74, 6) is -0.122. The minimum Gasteiger partial charge on any atom is -0.466 e. The Morgan fingerprint density at radius 1 is 0.491 bits per heavy atom. The molecule has 0 spiro atoms.